The summed E-state index contributed by atoms with van der Waals surface area (Å²) < 4.78 is 6.26. The topological polar surface area (TPSA) is 21.3 Å². The minimum absolute atomic E-state index is 0.400. The lowest BCUT2D eigenvalue weighted by atomic mass is 10.0. The largest absolute Gasteiger partial charge is 0.496 e. The number of hydrogen-bond acceptors (Lipinski definition) is 2. The van der Waals surface area contributed by atoms with E-state index in [1.165, 1.54) is 17.5 Å². The van der Waals surface area contributed by atoms with Gasteiger partial charge < -0.3 is 10.1 Å². The van der Waals surface area contributed by atoms with Gasteiger partial charge >= 0.3 is 0 Å². The highest BCUT2D eigenvalue weighted by Gasteiger charge is 2.10. The van der Waals surface area contributed by atoms with Gasteiger partial charge in [0.2, 0.25) is 0 Å². The zero-order valence-corrected chi connectivity index (χ0v) is 14.2. The Bertz CT molecular complexity index is 556. The smallest absolute Gasteiger partial charge is 0.133 e. The fraction of sp³-hybridized carbons (Fsp3) is 0.333. The summed E-state index contributed by atoms with van der Waals surface area (Å²) in [4.78, 5) is 0. The van der Waals surface area contributed by atoms with Crippen molar-refractivity contribution in [3.63, 3.8) is 0 Å². The molecule has 2 aromatic rings. The van der Waals surface area contributed by atoms with Crippen LogP contribution in [0.2, 0.25) is 0 Å². The molecule has 2 rings (SSSR count). The van der Waals surface area contributed by atoms with Crippen LogP contribution in [-0.4, -0.2) is 7.11 Å². The molecule has 0 amide bonds. The Hall–Kier alpha value is -1.32. The summed E-state index contributed by atoms with van der Waals surface area (Å²) in [7, 11) is 1.69. The molecule has 112 valence electrons. The zero-order valence-electron chi connectivity index (χ0n) is 12.6. The molecule has 0 heterocycles. The van der Waals surface area contributed by atoms with Gasteiger partial charge in [0.1, 0.15) is 5.75 Å². The molecule has 2 aromatic carbocycles. The number of nitrogens with one attached hydrogen (secondary N) is 1. The van der Waals surface area contributed by atoms with Crippen LogP contribution >= 0.6 is 15.9 Å². The third kappa shape index (κ3) is 4.58. The number of halogens is 1. The predicted molar refractivity (Wildman–Crippen MR) is 91.6 cm³/mol. The van der Waals surface area contributed by atoms with Crippen molar-refractivity contribution in [2.75, 3.05) is 7.11 Å². The molecule has 0 spiro atoms. The lowest BCUT2D eigenvalue weighted by Gasteiger charge is -2.19. The van der Waals surface area contributed by atoms with Crippen molar-refractivity contribution in [2.24, 2.45) is 0 Å². The molecule has 1 atom stereocenters. The van der Waals surface area contributed by atoms with E-state index in [9.17, 15) is 0 Å². The van der Waals surface area contributed by atoms with Crippen LogP contribution in [0.5, 0.6) is 5.75 Å². The number of methoxy groups -OCH3 is 1. The maximum Gasteiger partial charge on any atom is 0.133 e. The summed E-state index contributed by atoms with van der Waals surface area (Å²) in [6, 6.07) is 17.3. The van der Waals surface area contributed by atoms with Crippen molar-refractivity contribution < 1.29 is 4.74 Å². The quantitative estimate of drug-likeness (QED) is 0.753. The lowest BCUT2D eigenvalue weighted by Crippen LogP contribution is -2.20. The molecule has 0 radical (unpaired) electrons. The summed E-state index contributed by atoms with van der Waals surface area (Å²) >= 11 is 3.54. The first-order valence-corrected chi connectivity index (χ1v) is 8.14. The van der Waals surface area contributed by atoms with Gasteiger partial charge in [-0.1, -0.05) is 49.7 Å². The first kappa shape index (κ1) is 16.1. The van der Waals surface area contributed by atoms with E-state index < -0.39 is 0 Å². The molecule has 0 aliphatic heterocycles. The number of benzene rings is 2. The monoisotopic (exact) mass is 347 g/mol. The molecule has 0 aromatic heterocycles. The van der Waals surface area contributed by atoms with Gasteiger partial charge in [-0.15, -0.1) is 0 Å². The lowest BCUT2D eigenvalue weighted by molar-refractivity contribution is 0.411. The second kappa shape index (κ2) is 8.20. The highest BCUT2D eigenvalue weighted by molar-refractivity contribution is 9.10. The van der Waals surface area contributed by atoms with Crippen molar-refractivity contribution in [2.45, 2.75) is 32.4 Å². The van der Waals surface area contributed by atoms with Gasteiger partial charge in [0, 0.05) is 12.6 Å². The summed E-state index contributed by atoms with van der Waals surface area (Å²) in [5.41, 5.74) is 2.60. The summed E-state index contributed by atoms with van der Waals surface area (Å²) in [5.74, 6) is 0.868. The average Bonchev–Trinajstić information content (AvgIpc) is 2.52. The third-order valence-electron chi connectivity index (χ3n) is 3.55. The standard InChI is InChI=1S/C18H22BrNO/c1-3-7-17(15-8-5-4-6-9-15)20-13-14-10-11-18(21-2)16(19)12-14/h4-6,8-12,17,20H,3,7,13H2,1-2H3. The average molecular weight is 348 g/mol. The predicted octanol–water partition coefficient (Wildman–Crippen LogP) is 5.09. The Morgan fingerprint density at radius 1 is 1.14 bits per heavy atom. The molecule has 0 bridgehead atoms. The maximum absolute atomic E-state index is 5.27. The third-order valence-corrected chi connectivity index (χ3v) is 4.17. The van der Waals surface area contributed by atoms with Crippen LogP contribution in [0.1, 0.15) is 36.9 Å². The van der Waals surface area contributed by atoms with Gasteiger partial charge in [0.25, 0.3) is 0 Å². The molecule has 0 fully saturated rings. The molecule has 1 unspecified atom stereocenters. The molecular formula is C18H22BrNO. The van der Waals surface area contributed by atoms with Crippen LogP contribution in [-0.2, 0) is 6.54 Å². The zero-order chi connectivity index (χ0) is 15.1. The first-order valence-electron chi connectivity index (χ1n) is 7.35. The fourth-order valence-electron chi connectivity index (χ4n) is 2.42. The molecule has 1 N–H and O–H groups in total. The van der Waals surface area contributed by atoms with E-state index in [0.29, 0.717) is 6.04 Å². The molecule has 0 saturated carbocycles. The van der Waals surface area contributed by atoms with Gasteiger partial charge in [0.15, 0.2) is 0 Å². The van der Waals surface area contributed by atoms with E-state index in [0.717, 1.165) is 23.2 Å². The van der Waals surface area contributed by atoms with Crippen molar-refractivity contribution in [1.82, 2.24) is 5.32 Å². The van der Waals surface area contributed by atoms with Crippen LogP contribution < -0.4 is 10.1 Å². The molecule has 21 heavy (non-hydrogen) atoms. The Balaban J connectivity index is 2.03. The van der Waals surface area contributed by atoms with Gasteiger partial charge in [-0.3, -0.25) is 0 Å². The van der Waals surface area contributed by atoms with Gasteiger partial charge in [-0.2, -0.15) is 0 Å². The van der Waals surface area contributed by atoms with E-state index in [-0.39, 0.29) is 0 Å². The normalized spacial score (nSPS) is 12.1. The highest BCUT2D eigenvalue weighted by atomic mass is 79.9. The molecule has 0 aliphatic carbocycles. The SMILES string of the molecule is CCCC(NCc1ccc(OC)c(Br)c1)c1ccccc1. The minimum Gasteiger partial charge on any atom is -0.496 e. The molecule has 3 heteroatoms. The Morgan fingerprint density at radius 3 is 2.52 bits per heavy atom. The van der Waals surface area contributed by atoms with Crippen molar-refractivity contribution in [1.29, 1.82) is 0 Å². The second-order valence-electron chi connectivity index (χ2n) is 5.10. The van der Waals surface area contributed by atoms with Crippen molar-refractivity contribution in [3.8, 4) is 5.75 Å². The van der Waals surface area contributed by atoms with Crippen molar-refractivity contribution >= 4 is 15.9 Å². The fourth-order valence-corrected chi connectivity index (χ4v) is 3.01. The molecule has 0 saturated heterocycles. The first-order chi connectivity index (χ1) is 10.2. The second-order valence-corrected chi connectivity index (χ2v) is 5.96. The number of rotatable bonds is 7. The molecule has 0 aliphatic rings. The van der Waals surface area contributed by atoms with E-state index in [1.807, 2.05) is 6.07 Å². The summed E-state index contributed by atoms with van der Waals surface area (Å²) in [6.07, 6.45) is 2.31. The minimum atomic E-state index is 0.400. The van der Waals surface area contributed by atoms with Gasteiger partial charge in [-0.25, -0.2) is 0 Å². The van der Waals surface area contributed by atoms with Crippen LogP contribution in [0, 0.1) is 0 Å². The molecular weight excluding hydrogens is 326 g/mol. The van der Waals surface area contributed by atoms with E-state index in [1.54, 1.807) is 7.11 Å². The van der Waals surface area contributed by atoms with Crippen LogP contribution in [0.4, 0.5) is 0 Å². The number of hydrogen-bond donors (Lipinski definition) is 1. The van der Waals surface area contributed by atoms with Crippen LogP contribution in [0.15, 0.2) is 53.0 Å². The molecule has 2 nitrogen and oxygen atoms in total. The van der Waals surface area contributed by atoms with Gasteiger partial charge in [0.05, 0.1) is 11.6 Å². The Morgan fingerprint density at radius 2 is 1.90 bits per heavy atom. The Kier molecular flexibility index (Phi) is 6.27. The maximum atomic E-state index is 5.27. The van der Waals surface area contributed by atoms with Crippen LogP contribution in [0.3, 0.4) is 0 Å². The summed E-state index contributed by atoms with van der Waals surface area (Å²) in [5, 5.41) is 3.66. The van der Waals surface area contributed by atoms with Gasteiger partial charge in [-0.05, 0) is 45.6 Å². The van der Waals surface area contributed by atoms with Crippen LogP contribution in [0.25, 0.3) is 0 Å². The Labute approximate surface area is 135 Å². The number of ether oxygens (including phenoxy) is 1. The summed E-state index contributed by atoms with van der Waals surface area (Å²) in [6.45, 7) is 3.07. The van der Waals surface area contributed by atoms with E-state index in [2.05, 4.69) is 70.6 Å². The highest BCUT2D eigenvalue weighted by Crippen LogP contribution is 2.26. The van der Waals surface area contributed by atoms with E-state index in [4.69, 9.17) is 4.74 Å². The van der Waals surface area contributed by atoms with Crippen molar-refractivity contribution in [3.05, 3.63) is 64.1 Å². The van der Waals surface area contributed by atoms with E-state index >= 15 is 0 Å².